The fourth-order valence-electron chi connectivity index (χ4n) is 4.47. The predicted molar refractivity (Wildman–Crippen MR) is 124 cm³/mol. The number of urea groups is 1. The first-order valence-electron chi connectivity index (χ1n) is 11.1. The molecule has 0 radical (unpaired) electrons. The molecule has 0 spiro atoms. The molecule has 0 bridgehead atoms. The number of alkyl halides is 3. The highest BCUT2D eigenvalue weighted by Gasteiger charge is 2.37. The number of aromatic nitrogens is 1. The fraction of sp³-hybridized carbons (Fsp3) is 0.500. The van der Waals surface area contributed by atoms with Crippen molar-refractivity contribution in [3.8, 4) is 0 Å². The molecule has 0 saturated carbocycles. The summed E-state index contributed by atoms with van der Waals surface area (Å²) >= 11 is 6.08. The van der Waals surface area contributed by atoms with Crippen LogP contribution in [0.5, 0.6) is 0 Å². The highest BCUT2D eigenvalue weighted by atomic mass is 35.5. The molecule has 1 aromatic carbocycles. The zero-order valence-electron chi connectivity index (χ0n) is 18.4. The number of nitrogens with one attached hydrogen (secondary N) is 1. The van der Waals surface area contributed by atoms with E-state index in [1.54, 1.807) is 23.1 Å². The van der Waals surface area contributed by atoms with Crippen LogP contribution in [0, 0.1) is 0 Å². The Balaban J connectivity index is 1.39. The molecule has 184 valence electrons. The van der Waals surface area contributed by atoms with Gasteiger partial charge in [-0.05, 0) is 37.5 Å². The summed E-state index contributed by atoms with van der Waals surface area (Å²) in [6.07, 6.45) is -3.11. The summed E-state index contributed by atoms with van der Waals surface area (Å²) < 4.78 is 38.5. The molecular weight excluding hydrogens is 473 g/mol. The molecule has 0 aliphatic carbocycles. The second-order valence-electron chi connectivity index (χ2n) is 8.57. The van der Waals surface area contributed by atoms with Gasteiger partial charge in [-0.3, -0.25) is 4.79 Å². The van der Waals surface area contributed by atoms with Gasteiger partial charge in [0.15, 0.2) is 0 Å². The van der Waals surface area contributed by atoms with Gasteiger partial charge in [0.1, 0.15) is 18.4 Å². The predicted octanol–water partition coefficient (Wildman–Crippen LogP) is 3.25. The van der Waals surface area contributed by atoms with Gasteiger partial charge in [-0.25, -0.2) is 9.78 Å². The third-order valence-corrected chi connectivity index (χ3v) is 6.36. The number of carbonyl (C=O) groups is 2. The van der Waals surface area contributed by atoms with Crippen molar-refractivity contribution in [2.45, 2.75) is 31.5 Å². The number of halogens is 4. The van der Waals surface area contributed by atoms with Crippen molar-refractivity contribution >= 4 is 45.9 Å². The van der Waals surface area contributed by atoms with E-state index in [2.05, 4.69) is 15.2 Å². The van der Waals surface area contributed by atoms with Crippen LogP contribution in [0.2, 0.25) is 5.02 Å². The Labute approximate surface area is 199 Å². The second kappa shape index (κ2) is 9.73. The Bertz CT molecular complexity index is 1070. The summed E-state index contributed by atoms with van der Waals surface area (Å²) in [5.41, 5.74) is 7.54. The van der Waals surface area contributed by atoms with Gasteiger partial charge in [-0.15, -0.1) is 0 Å². The highest BCUT2D eigenvalue weighted by Crippen LogP contribution is 2.30. The minimum absolute atomic E-state index is 0.0393. The Morgan fingerprint density at radius 2 is 1.88 bits per heavy atom. The van der Waals surface area contributed by atoms with Crippen molar-refractivity contribution in [3.05, 3.63) is 29.3 Å². The molecule has 2 fully saturated rings. The molecule has 8 nitrogen and oxygen atoms in total. The number of piperazine rings is 1. The molecule has 1 aromatic heterocycles. The van der Waals surface area contributed by atoms with Crippen LogP contribution in [0.15, 0.2) is 24.3 Å². The maximum atomic E-state index is 12.8. The van der Waals surface area contributed by atoms with E-state index in [9.17, 15) is 22.8 Å². The van der Waals surface area contributed by atoms with E-state index in [4.69, 9.17) is 17.3 Å². The van der Waals surface area contributed by atoms with Gasteiger partial charge in [0.2, 0.25) is 5.91 Å². The Morgan fingerprint density at radius 3 is 2.59 bits per heavy atom. The van der Waals surface area contributed by atoms with Crippen LogP contribution >= 0.6 is 11.6 Å². The Hall–Kier alpha value is -2.95. The fourth-order valence-corrected chi connectivity index (χ4v) is 4.63. The number of fused-ring (bicyclic) bond motifs is 1. The van der Waals surface area contributed by atoms with E-state index in [1.807, 2.05) is 6.07 Å². The minimum atomic E-state index is -4.48. The van der Waals surface area contributed by atoms with Crippen LogP contribution in [0.1, 0.15) is 19.3 Å². The van der Waals surface area contributed by atoms with E-state index in [-0.39, 0.29) is 6.54 Å². The molecule has 4 rings (SSSR count). The van der Waals surface area contributed by atoms with Crippen molar-refractivity contribution < 1.29 is 22.8 Å². The summed E-state index contributed by atoms with van der Waals surface area (Å²) in [5, 5.41) is 4.11. The molecule has 34 heavy (non-hydrogen) atoms. The lowest BCUT2D eigenvalue weighted by molar-refractivity contribution is -0.161. The summed E-state index contributed by atoms with van der Waals surface area (Å²) in [7, 11) is 0. The lowest BCUT2D eigenvalue weighted by Gasteiger charge is -2.37. The van der Waals surface area contributed by atoms with Crippen LogP contribution in [-0.2, 0) is 4.79 Å². The number of benzene rings is 1. The van der Waals surface area contributed by atoms with Crippen LogP contribution < -0.4 is 16.0 Å². The lowest BCUT2D eigenvalue weighted by atomic mass is 10.1. The maximum Gasteiger partial charge on any atom is 0.406 e. The number of carbonyl (C=O) groups excluding carboxylic acids is 2. The van der Waals surface area contributed by atoms with Crippen LogP contribution in [0.4, 0.5) is 29.5 Å². The first-order valence-corrected chi connectivity index (χ1v) is 11.5. The molecule has 2 saturated heterocycles. The molecule has 3 amide bonds. The third-order valence-electron chi connectivity index (χ3n) is 6.13. The van der Waals surface area contributed by atoms with Gasteiger partial charge in [-0.1, -0.05) is 11.6 Å². The average molecular weight is 499 g/mol. The zero-order valence-corrected chi connectivity index (χ0v) is 19.2. The zero-order chi connectivity index (χ0) is 24.5. The van der Waals surface area contributed by atoms with Gasteiger partial charge in [0.05, 0.1) is 5.52 Å². The number of nitrogen functional groups attached to an aromatic ring is 1. The van der Waals surface area contributed by atoms with E-state index in [0.29, 0.717) is 61.8 Å². The Kier molecular flexibility index (Phi) is 6.92. The van der Waals surface area contributed by atoms with E-state index in [1.165, 1.54) is 0 Å². The van der Waals surface area contributed by atoms with E-state index in [0.717, 1.165) is 16.0 Å². The number of anilines is 2. The normalized spacial score (nSPS) is 19.9. The minimum Gasteiger partial charge on any atom is -0.384 e. The number of nitrogens with zero attached hydrogens (tertiary/aromatic N) is 4. The quantitative estimate of drug-likeness (QED) is 0.677. The number of hydrogen-bond donors (Lipinski definition) is 2. The molecule has 3 heterocycles. The van der Waals surface area contributed by atoms with Gasteiger partial charge in [-0.2, -0.15) is 13.2 Å². The van der Waals surface area contributed by atoms with Crippen molar-refractivity contribution in [1.29, 1.82) is 0 Å². The second-order valence-corrected chi connectivity index (χ2v) is 9.01. The SMILES string of the molecule is Nc1cc(N2CCN(C(=O)N[C@H]3CCCCN(CC(F)(F)F)C3=O)CC2)c2ccc(Cl)cc2n1. The number of pyridine rings is 1. The largest absolute Gasteiger partial charge is 0.406 e. The molecule has 0 unspecified atom stereocenters. The molecule has 1 atom stereocenters. The Morgan fingerprint density at radius 1 is 1.15 bits per heavy atom. The van der Waals surface area contributed by atoms with E-state index < -0.39 is 30.7 Å². The van der Waals surface area contributed by atoms with Crippen molar-refractivity contribution in [3.63, 3.8) is 0 Å². The summed E-state index contributed by atoms with van der Waals surface area (Å²) in [6.45, 7) is 0.552. The summed E-state index contributed by atoms with van der Waals surface area (Å²) in [6, 6.07) is 5.78. The highest BCUT2D eigenvalue weighted by molar-refractivity contribution is 6.31. The van der Waals surface area contributed by atoms with E-state index >= 15 is 0 Å². The maximum absolute atomic E-state index is 12.8. The molecule has 3 N–H and O–H groups in total. The number of nitrogens with two attached hydrogens (primary N) is 1. The molecule has 2 aromatic rings. The van der Waals surface area contributed by atoms with Gasteiger partial charge >= 0.3 is 12.2 Å². The average Bonchev–Trinajstić information content (AvgIpc) is 2.93. The molecule has 2 aliphatic rings. The standard InChI is InChI=1S/C22H26ClF3N6O2/c23-14-4-5-15-17(11-14)28-19(27)12-18(15)30-7-9-31(10-8-30)21(34)29-16-3-1-2-6-32(20(16)33)13-22(24,25)26/h4-5,11-12,16H,1-3,6-10,13H2,(H2,27,28)(H,29,34)/t16-/m0/s1. The first-order chi connectivity index (χ1) is 16.1. The van der Waals surface area contributed by atoms with Crippen molar-refractivity contribution in [2.24, 2.45) is 0 Å². The van der Waals surface area contributed by atoms with Crippen LogP contribution in [-0.4, -0.2) is 78.2 Å². The van der Waals surface area contributed by atoms with Crippen molar-refractivity contribution in [1.82, 2.24) is 20.1 Å². The molecular formula is C22H26ClF3N6O2. The smallest absolute Gasteiger partial charge is 0.384 e. The first kappa shape index (κ1) is 24.2. The number of amides is 3. The van der Waals surface area contributed by atoms with Crippen LogP contribution in [0.3, 0.4) is 0 Å². The van der Waals surface area contributed by atoms with Gasteiger partial charge in [0, 0.05) is 54.9 Å². The number of hydrogen-bond acceptors (Lipinski definition) is 5. The monoisotopic (exact) mass is 498 g/mol. The summed E-state index contributed by atoms with van der Waals surface area (Å²) in [4.78, 5) is 34.2. The topological polar surface area (TPSA) is 94.8 Å². The van der Waals surface area contributed by atoms with Gasteiger partial charge in [0.25, 0.3) is 0 Å². The molecule has 12 heteroatoms. The summed E-state index contributed by atoms with van der Waals surface area (Å²) in [5.74, 6) is -0.320. The third kappa shape index (κ3) is 5.57. The van der Waals surface area contributed by atoms with Gasteiger partial charge < -0.3 is 25.8 Å². The lowest BCUT2D eigenvalue weighted by Crippen LogP contribution is -2.56. The number of likely N-dealkylation sites (tertiary alicyclic amines) is 1. The number of rotatable bonds is 3. The molecule has 2 aliphatic heterocycles. The van der Waals surface area contributed by atoms with Crippen molar-refractivity contribution in [2.75, 3.05) is 49.9 Å². The van der Waals surface area contributed by atoms with Crippen LogP contribution in [0.25, 0.3) is 10.9 Å².